The van der Waals surface area contributed by atoms with Gasteiger partial charge in [0, 0.05) is 5.75 Å². The van der Waals surface area contributed by atoms with Crippen LogP contribution in [-0.2, 0) is 17.8 Å². The van der Waals surface area contributed by atoms with E-state index in [4.69, 9.17) is 10.4 Å². The number of aliphatic carboxylic acids is 1. The normalized spacial score (nSPS) is 10.7. The van der Waals surface area contributed by atoms with Crippen LogP contribution in [0.25, 0.3) is 11.0 Å². The zero-order chi connectivity index (χ0) is 17.8. The maximum atomic E-state index is 11.2. The monoisotopic (exact) mass is 353 g/mol. The number of aryl methyl sites for hydroxylation is 1. The molecule has 0 fully saturated rings. The SMILES string of the molecule is N#Cc1ccc2c(c1)nc(SCCc1ccccc1O)n2CC(=O)O. The number of nitrogens with zero attached hydrogens (tertiary/aromatic N) is 3. The van der Waals surface area contributed by atoms with E-state index in [1.54, 1.807) is 34.9 Å². The molecule has 6 nitrogen and oxygen atoms in total. The number of rotatable bonds is 6. The Hall–Kier alpha value is -2.98. The van der Waals surface area contributed by atoms with Crippen LogP contribution in [0.2, 0.25) is 0 Å². The molecule has 7 heteroatoms. The number of fused-ring (bicyclic) bond motifs is 1. The minimum absolute atomic E-state index is 0.193. The van der Waals surface area contributed by atoms with Crippen molar-refractivity contribution in [1.82, 2.24) is 9.55 Å². The molecule has 3 aromatic rings. The van der Waals surface area contributed by atoms with Crippen LogP contribution in [0.4, 0.5) is 0 Å². The fourth-order valence-electron chi connectivity index (χ4n) is 2.55. The van der Waals surface area contributed by atoms with Crippen LogP contribution in [0.1, 0.15) is 11.1 Å². The van der Waals surface area contributed by atoms with Gasteiger partial charge in [-0.05, 0) is 36.2 Å². The molecule has 0 spiro atoms. The van der Waals surface area contributed by atoms with Gasteiger partial charge in [0.25, 0.3) is 0 Å². The van der Waals surface area contributed by atoms with Crippen molar-refractivity contribution in [2.24, 2.45) is 0 Å². The minimum atomic E-state index is -0.953. The molecule has 0 amide bonds. The number of hydrogen-bond acceptors (Lipinski definition) is 5. The molecule has 3 rings (SSSR count). The molecule has 0 aliphatic heterocycles. The van der Waals surface area contributed by atoms with E-state index >= 15 is 0 Å². The summed E-state index contributed by atoms with van der Waals surface area (Å²) in [6.07, 6.45) is 0.636. The number of carboxylic acid groups (broad SMARTS) is 1. The summed E-state index contributed by atoms with van der Waals surface area (Å²) in [4.78, 5) is 15.7. The Morgan fingerprint density at radius 2 is 2.08 bits per heavy atom. The van der Waals surface area contributed by atoms with Crippen molar-refractivity contribution in [2.45, 2.75) is 18.1 Å². The minimum Gasteiger partial charge on any atom is -0.508 e. The Kier molecular flexibility index (Phi) is 4.91. The molecule has 2 aromatic carbocycles. The number of carbonyl (C=O) groups is 1. The van der Waals surface area contributed by atoms with Crippen LogP contribution in [0, 0.1) is 11.3 Å². The van der Waals surface area contributed by atoms with Gasteiger partial charge >= 0.3 is 5.97 Å². The third-order valence-electron chi connectivity index (χ3n) is 3.73. The van der Waals surface area contributed by atoms with Gasteiger partial charge in [-0.1, -0.05) is 30.0 Å². The van der Waals surface area contributed by atoms with Gasteiger partial charge in [-0.15, -0.1) is 0 Å². The second-order valence-electron chi connectivity index (χ2n) is 5.42. The van der Waals surface area contributed by atoms with Gasteiger partial charge in [0.2, 0.25) is 0 Å². The van der Waals surface area contributed by atoms with Crippen molar-refractivity contribution in [1.29, 1.82) is 5.26 Å². The molecule has 0 radical (unpaired) electrons. The van der Waals surface area contributed by atoms with E-state index in [9.17, 15) is 9.90 Å². The van der Waals surface area contributed by atoms with Gasteiger partial charge in [-0.3, -0.25) is 4.79 Å². The van der Waals surface area contributed by atoms with Crippen molar-refractivity contribution in [3.63, 3.8) is 0 Å². The predicted octanol–water partition coefficient (Wildman–Crippen LogP) is 3.03. The molecule has 2 N–H and O–H groups in total. The highest BCUT2D eigenvalue weighted by Gasteiger charge is 2.14. The van der Waals surface area contributed by atoms with E-state index in [2.05, 4.69) is 11.1 Å². The molecule has 1 aromatic heterocycles. The highest BCUT2D eigenvalue weighted by atomic mass is 32.2. The fraction of sp³-hybridized carbons (Fsp3) is 0.167. The molecule has 0 bridgehead atoms. The fourth-order valence-corrected chi connectivity index (χ4v) is 3.54. The Labute approximate surface area is 148 Å². The van der Waals surface area contributed by atoms with Crippen LogP contribution in [-0.4, -0.2) is 31.5 Å². The number of benzene rings is 2. The second kappa shape index (κ2) is 7.28. The van der Waals surface area contributed by atoms with Gasteiger partial charge in [0.1, 0.15) is 12.3 Å². The Balaban J connectivity index is 1.85. The van der Waals surface area contributed by atoms with E-state index in [1.807, 2.05) is 12.1 Å². The number of aromatic nitrogens is 2. The molecular formula is C18H15N3O3S. The summed E-state index contributed by atoms with van der Waals surface area (Å²) in [5.74, 6) is -0.0574. The van der Waals surface area contributed by atoms with Crippen molar-refractivity contribution in [2.75, 3.05) is 5.75 Å². The van der Waals surface area contributed by atoms with E-state index < -0.39 is 5.97 Å². The van der Waals surface area contributed by atoms with Crippen molar-refractivity contribution in [3.05, 3.63) is 53.6 Å². The molecule has 0 aliphatic rings. The van der Waals surface area contributed by atoms with Gasteiger partial charge in [0.05, 0.1) is 22.7 Å². The third kappa shape index (κ3) is 3.75. The summed E-state index contributed by atoms with van der Waals surface area (Å²) in [6.45, 7) is -0.193. The van der Waals surface area contributed by atoms with E-state index in [-0.39, 0.29) is 12.3 Å². The lowest BCUT2D eigenvalue weighted by Gasteiger charge is -2.07. The quantitative estimate of drug-likeness (QED) is 0.661. The van der Waals surface area contributed by atoms with Crippen LogP contribution in [0.3, 0.4) is 0 Å². The molecular weight excluding hydrogens is 338 g/mol. The third-order valence-corrected chi connectivity index (χ3v) is 4.71. The highest BCUT2D eigenvalue weighted by molar-refractivity contribution is 7.99. The number of imidazole rings is 1. The lowest BCUT2D eigenvalue weighted by Crippen LogP contribution is -2.10. The van der Waals surface area contributed by atoms with E-state index in [0.29, 0.717) is 33.9 Å². The standard InChI is InChI=1S/C18H15N3O3S/c19-10-12-5-6-15-14(9-12)20-18(21(15)11-17(23)24)25-8-7-13-3-1-2-4-16(13)22/h1-6,9,22H,7-8,11H2,(H,23,24). The van der Waals surface area contributed by atoms with Gasteiger partial charge in [-0.2, -0.15) is 5.26 Å². The maximum Gasteiger partial charge on any atom is 0.323 e. The lowest BCUT2D eigenvalue weighted by atomic mass is 10.1. The van der Waals surface area contributed by atoms with Gasteiger partial charge in [-0.25, -0.2) is 4.98 Å². The molecule has 1 heterocycles. The van der Waals surface area contributed by atoms with Crippen LogP contribution >= 0.6 is 11.8 Å². The number of thioether (sulfide) groups is 1. The highest BCUT2D eigenvalue weighted by Crippen LogP contribution is 2.26. The van der Waals surface area contributed by atoms with E-state index in [1.165, 1.54) is 11.8 Å². The first-order chi connectivity index (χ1) is 12.1. The molecule has 25 heavy (non-hydrogen) atoms. The lowest BCUT2D eigenvalue weighted by molar-refractivity contribution is -0.137. The number of hydrogen-bond donors (Lipinski definition) is 2. The second-order valence-corrected chi connectivity index (χ2v) is 6.48. The first-order valence-corrected chi connectivity index (χ1v) is 8.59. The number of para-hydroxylation sites is 1. The average molecular weight is 353 g/mol. The Morgan fingerprint density at radius 1 is 1.28 bits per heavy atom. The Bertz CT molecular complexity index is 975. The number of phenolic OH excluding ortho intramolecular Hbond substituents is 1. The first-order valence-electron chi connectivity index (χ1n) is 7.60. The van der Waals surface area contributed by atoms with Crippen LogP contribution in [0.15, 0.2) is 47.6 Å². The zero-order valence-corrected chi connectivity index (χ0v) is 14.0. The topological polar surface area (TPSA) is 99.1 Å². The van der Waals surface area contributed by atoms with E-state index in [0.717, 1.165) is 5.56 Å². The summed E-state index contributed by atoms with van der Waals surface area (Å²) >= 11 is 1.43. The summed E-state index contributed by atoms with van der Waals surface area (Å²) in [5.41, 5.74) is 2.61. The zero-order valence-electron chi connectivity index (χ0n) is 13.2. The molecule has 0 saturated carbocycles. The molecule has 0 unspecified atom stereocenters. The maximum absolute atomic E-state index is 11.2. The largest absolute Gasteiger partial charge is 0.508 e. The smallest absolute Gasteiger partial charge is 0.323 e. The number of aromatic hydroxyl groups is 1. The van der Waals surface area contributed by atoms with Crippen molar-refractivity contribution in [3.8, 4) is 11.8 Å². The first kappa shape index (κ1) is 16.9. The van der Waals surface area contributed by atoms with Crippen LogP contribution < -0.4 is 0 Å². The van der Waals surface area contributed by atoms with Crippen molar-refractivity contribution < 1.29 is 15.0 Å². The molecule has 126 valence electrons. The Morgan fingerprint density at radius 3 is 2.80 bits per heavy atom. The summed E-state index contributed by atoms with van der Waals surface area (Å²) < 4.78 is 1.63. The van der Waals surface area contributed by atoms with Crippen LogP contribution in [0.5, 0.6) is 5.75 Å². The molecule has 0 atom stereocenters. The molecule has 0 saturated heterocycles. The summed E-state index contributed by atoms with van der Waals surface area (Å²) in [7, 11) is 0. The number of phenols is 1. The van der Waals surface area contributed by atoms with Crippen molar-refractivity contribution >= 4 is 28.8 Å². The average Bonchev–Trinajstić information content (AvgIpc) is 2.93. The predicted molar refractivity (Wildman–Crippen MR) is 94.6 cm³/mol. The molecule has 0 aliphatic carbocycles. The van der Waals surface area contributed by atoms with Gasteiger partial charge in [0.15, 0.2) is 5.16 Å². The summed E-state index contributed by atoms with van der Waals surface area (Å²) in [5, 5.41) is 28.6. The number of nitriles is 1. The number of carboxylic acids is 1. The summed E-state index contributed by atoms with van der Waals surface area (Å²) in [6, 6.07) is 14.2. The van der Waals surface area contributed by atoms with Gasteiger partial charge < -0.3 is 14.8 Å².